The number of sulfonamides is 1. The van der Waals surface area contributed by atoms with Crippen molar-refractivity contribution in [1.29, 1.82) is 0 Å². The highest BCUT2D eigenvalue weighted by molar-refractivity contribution is 7.92. The lowest BCUT2D eigenvalue weighted by atomic mass is 10.2. The summed E-state index contributed by atoms with van der Waals surface area (Å²) < 4.78 is 41.1. The van der Waals surface area contributed by atoms with Gasteiger partial charge in [0, 0.05) is 0 Å². The van der Waals surface area contributed by atoms with Gasteiger partial charge in [-0.1, -0.05) is 47.5 Å². The maximum Gasteiger partial charge on any atom is 0.264 e. The molecule has 3 aromatic carbocycles. The van der Waals surface area contributed by atoms with Crippen molar-refractivity contribution in [3.05, 3.63) is 95.3 Å². The third-order valence-corrected chi connectivity index (χ3v) is 5.96. The van der Waals surface area contributed by atoms with E-state index in [0.717, 1.165) is 11.1 Å². The monoisotopic (exact) mass is 369 g/mol. The van der Waals surface area contributed by atoms with Crippen LogP contribution in [0.15, 0.2) is 77.7 Å². The minimum Gasteiger partial charge on any atom is -0.262 e. The average Bonchev–Trinajstić information content (AvgIpc) is 2.62. The second-order valence-electron chi connectivity index (χ2n) is 6.29. The van der Waals surface area contributed by atoms with Gasteiger partial charge in [-0.3, -0.25) is 4.31 Å². The van der Waals surface area contributed by atoms with E-state index in [9.17, 15) is 12.8 Å². The van der Waals surface area contributed by atoms with E-state index in [1.54, 1.807) is 48.5 Å². The molecule has 0 radical (unpaired) electrons. The molecule has 0 spiro atoms. The number of aryl methyl sites for hydroxylation is 2. The molecule has 3 nitrogen and oxygen atoms in total. The molecule has 0 saturated heterocycles. The smallest absolute Gasteiger partial charge is 0.262 e. The zero-order valence-corrected chi connectivity index (χ0v) is 15.5. The van der Waals surface area contributed by atoms with E-state index < -0.39 is 10.0 Å². The van der Waals surface area contributed by atoms with Crippen LogP contribution in [0.4, 0.5) is 10.1 Å². The van der Waals surface area contributed by atoms with Crippen molar-refractivity contribution in [2.45, 2.75) is 25.3 Å². The first kappa shape index (κ1) is 18.1. The normalized spacial score (nSPS) is 11.3. The maximum absolute atomic E-state index is 13.3. The lowest BCUT2D eigenvalue weighted by molar-refractivity contribution is 0.590. The molecule has 5 heteroatoms. The zero-order chi connectivity index (χ0) is 18.7. The highest BCUT2D eigenvalue weighted by atomic mass is 32.2. The Morgan fingerprint density at radius 2 is 1.27 bits per heavy atom. The van der Waals surface area contributed by atoms with Gasteiger partial charge in [0.15, 0.2) is 0 Å². The minimum atomic E-state index is -3.75. The molecular weight excluding hydrogens is 349 g/mol. The molecule has 0 aliphatic heterocycles. The summed E-state index contributed by atoms with van der Waals surface area (Å²) in [5.74, 6) is -0.350. The second-order valence-corrected chi connectivity index (χ2v) is 8.15. The van der Waals surface area contributed by atoms with Gasteiger partial charge in [0.25, 0.3) is 10.0 Å². The van der Waals surface area contributed by atoms with Crippen molar-refractivity contribution >= 4 is 15.7 Å². The number of benzene rings is 3. The van der Waals surface area contributed by atoms with Crippen molar-refractivity contribution in [1.82, 2.24) is 0 Å². The van der Waals surface area contributed by atoms with Crippen LogP contribution in [0.1, 0.15) is 16.7 Å². The molecule has 0 aliphatic carbocycles. The van der Waals surface area contributed by atoms with Gasteiger partial charge < -0.3 is 0 Å². The number of nitrogens with zero attached hydrogens (tertiary/aromatic N) is 1. The first-order valence-electron chi connectivity index (χ1n) is 8.27. The van der Waals surface area contributed by atoms with Crippen molar-refractivity contribution < 1.29 is 12.8 Å². The summed E-state index contributed by atoms with van der Waals surface area (Å²) in [4.78, 5) is 0.228. The lowest BCUT2D eigenvalue weighted by Gasteiger charge is -2.25. The molecular formula is C21H20FNO2S. The summed E-state index contributed by atoms with van der Waals surface area (Å²) in [6.45, 7) is 3.98. The lowest BCUT2D eigenvalue weighted by Crippen LogP contribution is -2.30. The van der Waals surface area contributed by atoms with Crippen LogP contribution in [0.2, 0.25) is 0 Å². The topological polar surface area (TPSA) is 37.4 Å². The van der Waals surface area contributed by atoms with Gasteiger partial charge in [0.1, 0.15) is 5.82 Å². The van der Waals surface area contributed by atoms with Crippen molar-refractivity contribution in [3.8, 4) is 0 Å². The molecule has 0 amide bonds. The Kier molecular flexibility index (Phi) is 5.09. The number of hydrogen-bond acceptors (Lipinski definition) is 2. The van der Waals surface area contributed by atoms with Gasteiger partial charge in [-0.05, 0) is 55.8 Å². The van der Waals surface area contributed by atoms with E-state index in [2.05, 4.69) is 0 Å². The molecule has 0 atom stereocenters. The number of rotatable bonds is 5. The van der Waals surface area contributed by atoms with Gasteiger partial charge in [-0.25, -0.2) is 12.8 Å². The molecule has 0 aliphatic rings. The maximum atomic E-state index is 13.3. The molecule has 0 bridgehead atoms. The molecule has 134 valence electrons. The molecule has 26 heavy (non-hydrogen) atoms. The number of halogens is 1. The molecule has 0 N–H and O–H groups in total. The average molecular weight is 369 g/mol. The Morgan fingerprint density at radius 1 is 0.769 bits per heavy atom. The predicted molar refractivity (Wildman–Crippen MR) is 102 cm³/mol. The predicted octanol–water partition coefficient (Wildman–Crippen LogP) is 4.84. The Morgan fingerprint density at radius 3 is 1.81 bits per heavy atom. The highest BCUT2D eigenvalue weighted by Gasteiger charge is 2.25. The van der Waals surface area contributed by atoms with Gasteiger partial charge >= 0.3 is 0 Å². The summed E-state index contributed by atoms with van der Waals surface area (Å²) in [5, 5.41) is 0. The van der Waals surface area contributed by atoms with E-state index in [4.69, 9.17) is 0 Å². The van der Waals surface area contributed by atoms with Crippen LogP contribution in [0, 0.1) is 19.7 Å². The molecule has 0 unspecified atom stereocenters. The fourth-order valence-electron chi connectivity index (χ4n) is 2.62. The van der Waals surface area contributed by atoms with Crippen LogP contribution >= 0.6 is 0 Å². The fourth-order valence-corrected chi connectivity index (χ4v) is 4.07. The van der Waals surface area contributed by atoms with Gasteiger partial charge in [0.05, 0.1) is 17.1 Å². The molecule has 0 saturated carbocycles. The molecule has 0 heterocycles. The quantitative estimate of drug-likeness (QED) is 0.645. The number of hydrogen-bond donors (Lipinski definition) is 0. The SMILES string of the molecule is Cc1ccc(N(Cc2ccc(F)cc2)S(=O)(=O)c2ccc(C)cc2)cc1. The Hall–Kier alpha value is -2.66. The fraction of sp³-hybridized carbons (Fsp3) is 0.143. The van der Waals surface area contributed by atoms with Gasteiger partial charge in [-0.2, -0.15) is 0 Å². The Balaban J connectivity index is 2.05. The van der Waals surface area contributed by atoms with E-state index in [-0.39, 0.29) is 17.3 Å². The zero-order valence-electron chi connectivity index (χ0n) is 14.7. The van der Waals surface area contributed by atoms with Gasteiger partial charge in [-0.15, -0.1) is 0 Å². The Bertz CT molecular complexity index is 980. The molecule has 0 fully saturated rings. The summed E-state index contributed by atoms with van der Waals surface area (Å²) in [6.07, 6.45) is 0. The van der Waals surface area contributed by atoms with E-state index >= 15 is 0 Å². The van der Waals surface area contributed by atoms with Crippen molar-refractivity contribution in [2.75, 3.05) is 4.31 Å². The summed E-state index contributed by atoms with van der Waals surface area (Å²) >= 11 is 0. The van der Waals surface area contributed by atoms with E-state index in [0.29, 0.717) is 11.3 Å². The third kappa shape index (κ3) is 3.94. The minimum absolute atomic E-state index is 0.125. The molecule has 3 aromatic rings. The number of anilines is 1. The first-order valence-corrected chi connectivity index (χ1v) is 9.71. The standard InChI is InChI=1S/C21H20FNO2S/c1-16-3-11-20(12-4-16)23(15-18-7-9-19(22)10-8-18)26(24,25)21-13-5-17(2)6-14-21/h3-14H,15H2,1-2H3. The van der Waals surface area contributed by atoms with E-state index in [1.807, 2.05) is 26.0 Å². The van der Waals surface area contributed by atoms with Crippen LogP contribution in [-0.4, -0.2) is 8.42 Å². The van der Waals surface area contributed by atoms with Crippen LogP contribution in [0.3, 0.4) is 0 Å². The second kappa shape index (κ2) is 7.30. The highest BCUT2D eigenvalue weighted by Crippen LogP contribution is 2.26. The Labute approximate surface area is 153 Å². The van der Waals surface area contributed by atoms with Gasteiger partial charge in [0.2, 0.25) is 0 Å². The molecule has 3 rings (SSSR count). The first-order chi connectivity index (χ1) is 12.4. The largest absolute Gasteiger partial charge is 0.264 e. The van der Waals surface area contributed by atoms with Crippen LogP contribution < -0.4 is 4.31 Å². The summed E-state index contributed by atoms with van der Waals surface area (Å²) in [6, 6.07) is 19.9. The third-order valence-electron chi connectivity index (χ3n) is 4.17. The van der Waals surface area contributed by atoms with Crippen molar-refractivity contribution in [3.63, 3.8) is 0 Å². The van der Waals surface area contributed by atoms with E-state index in [1.165, 1.54) is 16.4 Å². The molecule has 0 aromatic heterocycles. The summed E-state index contributed by atoms with van der Waals surface area (Å²) in [5.41, 5.74) is 3.32. The van der Waals surface area contributed by atoms with Crippen LogP contribution in [0.5, 0.6) is 0 Å². The van der Waals surface area contributed by atoms with Crippen molar-refractivity contribution in [2.24, 2.45) is 0 Å². The summed E-state index contributed by atoms with van der Waals surface area (Å²) in [7, 11) is -3.75. The van der Waals surface area contributed by atoms with Crippen LogP contribution in [-0.2, 0) is 16.6 Å². The van der Waals surface area contributed by atoms with Crippen LogP contribution in [0.25, 0.3) is 0 Å².